The number of thiazole rings is 1. The Morgan fingerprint density at radius 3 is 2.64 bits per heavy atom. The summed E-state index contributed by atoms with van der Waals surface area (Å²) in [6, 6.07) is 0.332. The zero-order valence-electron chi connectivity index (χ0n) is 12.8. The fraction of sp³-hybridized carbons (Fsp3) is 0.692. The summed E-state index contributed by atoms with van der Waals surface area (Å²) in [5.74, 6) is -0.131. The Bertz CT molecular complexity index is 455. The molecule has 1 fully saturated rings. The number of aromatic nitrogens is 1. The van der Waals surface area contributed by atoms with Crippen molar-refractivity contribution in [1.82, 2.24) is 15.2 Å². The second-order valence-corrected chi connectivity index (χ2v) is 5.92. The number of amides is 1. The molecule has 1 aliphatic rings. The van der Waals surface area contributed by atoms with Gasteiger partial charge in [-0.3, -0.25) is 9.69 Å². The maximum Gasteiger partial charge on any atom is 0.271 e. The molecular weight excluding hydrogens is 347 g/mol. The third-order valence-electron chi connectivity index (χ3n) is 3.66. The lowest BCUT2D eigenvalue weighted by Gasteiger charge is -2.35. The highest BCUT2D eigenvalue weighted by Crippen LogP contribution is 2.11. The highest BCUT2D eigenvalue weighted by molar-refractivity contribution is 7.09. The average Bonchev–Trinajstić information content (AvgIpc) is 2.96. The van der Waals surface area contributed by atoms with Crippen molar-refractivity contribution in [2.75, 3.05) is 26.3 Å². The Morgan fingerprint density at radius 2 is 2.09 bits per heavy atom. The molecule has 0 aromatic carbocycles. The molecule has 1 saturated heterocycles. The van der Waals surface area contributed by atoms with E-state index in [0.717, 1.165) is 31.3 Å². The molecule has 1 aromatic heterocycles. The third kappa shape index (κ3) is 5.64. The van der Waals surface area contributed by atoms with Gasteiger partial charge in [-0.1, -0.05) is 0 Å². The lowest BCUT2D eigenvalue weighted by atomic mass is 10.1. The van der Waals surface area contributed by atoms with Crippen LogP contribution in [0.4, 0.5) is 0 Å². The highest BCUT2D eigenvalue weighted by Gasteiger charge is 2.24. The number of carbonyl (C=O) groups excluding carboxylic acids is 1. The van der Waals surface area contributed by atoms with Gasteiger partial charge in [0.15, 0.2) is 0 Å². The molecular formula is C13H24Cl2N4O2S. The van der Waals surface area contributed by atoms with Crippen LogP contribution >= 0.6 is 36.2 Å². The molecule has 2 atom stereocenters. The molecule has 1 amide bonds. The SMILES string of the molecule is CC(NC(=O)c1csc(CN)n1)C(C)N1CCOCC1.Cl.Cl. The summed E-state index contributed by atoms with van der Waals surface area (Å²) in [5, 5.41) is 5.55. The van der Waals surface area contributed by atoms with Gasteiger partial charge in [0.2, 0.25) is 0 Å². The van der Waals surface area contributed by atoms with Crippen LogP contribution in [0.15, 0.2) is 5.38 Å². The molecule has 2 unspecified atom stereocenters. The summed E-state index contributed by atoms with van der Waals surface area (Å²) in [7, 11) is 0. The minimum Gasteiger partial charge on any atom is -0.379 e. The van der Waals surface area contributed by atoms with E-state index in [-0.39, 0.29) is 42.8 Å². The molecule has 1 aliphatic heterocycles. The number of halogens is 2. The van der Waals surface area contributed by atoms with Crippen molar-refractivity contribution in [2.45, 2.75) is 32.5 Å². The van der Waals surface area contributed by atoms with Gasteiger partial charge in [0.05, 0.1) is 13.2 Å². The highest BCUT2D eigenvalue weighted by atomic mass is 35.5. The van der Waals surface area contributed by atoms with Gasteiger partial charge in [0, 0.05) is 37.1 Å². The third-order valence-corrected chi connectivity index (χ3v) is 4.53. The second-order valence-electron chi connectivity index (χ2n) is 4.98. The Labute approximate surface area is 147 Å². The number of ether oxygens (including phenoxy) is 1. The van der Waals surface area contributed by atoms with E-state index in [1.807, 2.05) is 6.92 Å². The van der Waals surface area contributed by atoms with E-state index in [1.54, 1.807) is 5.38 Å². The first-order valence-electron chi connectivity index (χ1n) is 6.89. The molecule has 0 saturated carbocycles. The zero-order chi connectivity index (χ0) is 14.5. The van der Waals surface area contributed by atoms with Gasteiger partial charge in [-0.2, -0.15) is 0 Å². The Balaban J connectivity index is 0.00000220. The molecule has 0 aliphatic carbocycles. The maximum absolute atomic E-state index is 12.1. The predicted octanol–water partition coefficient (Wildman–Crippen LogP) is 1.28. The zero-order valence-corrected chi connectivity index (χ0v) is 15.2. The van der Waals surface area contributed by atoms with Gasteiger partial charge < -0.3 is 15.8 Å². The van der Waals surface area contributed by atoms with E-state index in [0.29, 0.717) is 12.2 Å². The van der Waals surface area contributed by atoms with Gasteiger partial charge in [-0.05, 0) is 13.8 Å². The Kier molecular flexibility index (Phi) is 10.1. The van der Waals surface area contributed by atoms with Crippen LogP contribution in [0.1, 0.15) is 29.3 Å². The smallest absolute Gasteiger partial charge is 0.271 e. The topological polar surface area (TPSA) is 80.5 Å². The fourth-order valence-electron chi connectivity index (χ4n) is 2.21. The molecule has 2 heterocycles. The van der Waals surface area contributed by atoms with Crippen molar-refractivity contribution in [1.29, 1.82) is 0 Å². The van der Waals surface area contributed by atoms with Gasteiger partial charge in [0.25, 0.3) is 5.91 Å². The molecule has 128 valence electrons. The Hall–Kier alpha value is -0.440. The van der Waals surface area contributed by atoms with E-state index in [1.165, 1.54) is 11.3 Å². The minimum atomic E-state index is -0.131. The summed E-state index contributed by atoms with van der Waals surface area (Å²) in [6.45, 7) is 7.87. The molecule has 2 rings (SSSR count). The lowest BCUT2D eigenvalue weighted by Crippen LogP contribution is -2.52. The molecule has 9 heteroatoms. The summed E-state index contributed by atoms with van der Waals surface area (Å²) in [4.78, 5) is 18.7. The molecule has 0 radical (unpaired) electrons. The summed E-state index contributed by atoms with van der Waals surface area (Å²) < 4.78 is 5.35. The van der Waals surface area contributed by atoms with Crippen molar-refractivity contribution in [3.05, 3.63) is 16.1 Å². The standard InChI is InChI=1S/C13H22N4O2S.2ClH/c1-9(10(2)17-3-5-19-6-4-17)15-13(18)11-8-20-12(7-14)16-11;;/h8-10H,3-7,14H2,1-2H3,(H,15,18);2*1H. The van der Waals surface area contributed by atoms with Crippen molar-refractivity contribution >= 4 is 42.1 Å². The summed E-state index contributed by atoms with van der Waals surface area (Å²) >= 11 is 1.42. The molecule has 22 heavy (non-hydrogen) atoms. The minimum absolute atomic E-state index is 0. The molecule has 6 nitrogen and oxygen atoms in total. The molecule has 0 spiro atoms. The first-order valence-corrected chi connectivity index (χ1v) is 7.77. The maximum atomic E-state index is 12.1. The van der Waals surface area contributed by atoms with E-state index in [4.69, 9.17) is 10.5 Å². The predicted molar refractivity (Wildman–Crippen MR) is 93.3 cm³/mol. The van der Waals surface area contributed by atoms with Crippen molar-refractivity contribution < 1.29 is 9.53 Å². The molecule has 0 bridgehead atoms. The van der Waals surface area contributed by atoms with E-state index in [2.05, 4.69) is 22.1 Å². The van der Waals surface area contributed by atoms with Gasteiger partial charge in [0.1, 0.15) is 10.7 Å². The van der Waals surface area contributed by atoms with Gasteiger partial charge >= 0.3 is 0 Å². The Morgan fingerprint density at radius 1 is 1.45 bits per heavy atom. The van der Waals surface area contributed by atoms with Gasteiger partial charge in [-0.15, -0.1) is 36.2 Å². The van der Waals surface area contributed by atoms with Crippen LogP contribution in [0, 0.1) is 0 Å². The van der Waals surface area contributed by atoms with Crippen LogP contribution in [-0.4, -0.2) is 54.2 Å². The monoisotopic (exact) mass is 370 g/mol. The lowest BCUT2D eigenvalue weighted by molar-refractivity contribution is 0.0137. The largest absolute Gasteiger partial charge is 0.379 e. The van der Waals surface area contributed by atoms with Crippen molar-refractivity contribution in [3.8, 4) is 0 Å². The number of nitrogens with one attached hydrogen (secondary N) is 1. The first-order chi connectivity index (χ1) is 9.61. The number of nitrogens with zero attached hydrogens (tertiary/aromatic N) is 2. The number of morpholine rings is 1. The number of hydrogen-bond donors (Lipinski definition) is 2. The molecule has 1 aromatic rings. The second kappa shape index (κ2) is 10.4. The van der Waals surface area contributed by atoms with Crippen LogP contribution in [0.5, 0.6) is 0 Å². The first kappa shape index (κ1) is 21.6. The number of rotatable bonds is 5. The van der Waals surface area contributed by atoms with Crippen molar-refractivity contribution in [3.63, 3.8) is 0 Å². The van der Waals surface area contributed by atoms with Crippen LogP contribution in [0.2, 0.25) is 0 Å². The summed E-state index contributed by atoms with van der Waals surface area (Å²) in [6.07, 6.45) is 0. The normalized spacial score (nSPS) is 17.8. The van der Waals surface area contributed by atoms with Crippen molar-refractivity contribution in [2.24, 2.45) is 5.73 Å². The van der Waals surface area contributed by atoms with E-state index < -0.39 is 0 Å². The quantitative estimate of drug-likeness (QED) is 0.815. The van der Waals surface area contributed by atoms with Gasteiger partial charge in [-0.25, -0.2) is 4.98 Å². The fourth-order valence-corrected chi connectivity index (χ4v) is 2.87. The number of nitrogens with two attached hydrogens (primary N) is 1. The number of hydrogen-bond acceptors (Lipinski definition) is 6. The molecule has 3 N–H and O–H groups in total. The van der Waals surface area contributed by atoms with Crippen LogP contribution < -0.4 is 11.1 Å². The van der Waals surface area contributed by atoms with Crippen LogP contribution in [-0.2, 0) is 11.3 Å². The number of carbonyl (C=O) groups is 1. The van der Waals surface area contributed by atoms with Crippen LogP contribution in [0.25, 0.3) is 0 Å². The average molecular weight is 371 g/mol. The van der Waals surface area contributed by atoms with E-state index >= 15 is 0 Å². The van der Waals surface area contributed by atoms with Crippen LogP contribution in [0.3, 0.4) is 0 Å². The summed E-state index contributed by atoms with van der Waals surface area (Å²) in [5.41, 5.74) is 5.96. The van der Waals surface area contributed by atoms with E-state index in [9.17, 15) is 4.79 Å².